The van der Waals surface area contributed by atoms with Gasteiger partial charge in [0.15, 0.2) is 23.0 Å². The van der Waals surface area contributed by atoms with Crippen LogP contribution in [-0.2, 0) is 0 Å². The van der Waals surface area contributed by atoms with Gasteiger partial charge >= 0.3 is 0 Å². The van der Waals surface area contributed by atoms with Crippen molar-refractivity contribution < 1.29 is 14.2 Å². The van der Waals surface area contributed by atoms with Crippen LogP contribution in [-0.4, -0.2) is 35.9 Å². The summed E-state index contributed by atoms with van der Waals surface area (Å²) < 4.78 is 18.2. The third kappa shape index (κ3) is 2.95. The van der Waals surface area contributed by atoms with Crippen molar-refractivity contribution in [3.8, 4) is 39.8 Å². The van der Waals surface area contributed by atoms with Gasteiger partial charge in [0.2, 0.25) is 0 Å². The molecule has 0 aliphatic carbocycles. The van der Waals surface area contributed by atoms with Crippen molar-refractivity contribution in [2.45, 2.75) is 0 Å². The highest BCUT2D eigenvalue weighted by molar-refractivity contribution is 5.71. The van der Waals surface area contributed by atoms with Gasteiger partial charge in [0.25, 0.3) is 0 Å². The number of methoxy groups -OCH3 is 3. The topological polar surface area (TPSA) is 57.9 Å². The van der Waals surface area contributed by atoms with E-state index in [0.29, 0.717) is 11.5 Å². The van der Waals surface area contributed by atoms with Crippen LogP contribution in [0.3, 0.4) is 0 Å². The Morgan fingerprint density at radius 3 is 2.22 bits per heavy atom. The standard InChI is InChI=1S/C21H19N3O3/c1-25-17-7-5-4-6-16(17)21-23-22-20-11-9-15(13-24(20)21)14-8-10-18(26-2)19(12-14)27-3/h4-13H,1-3H3. The number of benzene rings is 2. The summed E-state index contributed by atoms with van der Waals surface area (Å²) in [4.78, 5) is 0. The number of aromatic nitrogens is 3. The molecule has 136 valence electrons. The summed E-state index contributed by atoms with van der Waals surface area (Å²) >= 11 is 0. The average molecular weight is 361 g/mol. The zero-order valence-electron chi connectivity index (χ0n) is 15.3. The molecule has 0 fully saturated rings. The smallest absolute Gasteiger partial charge is 0.172 e. The predicted octanol–water partition coefficient (Wildman–Crippen LogP) is 4.09. The maximum Gasteiger partial charge on any atom is 0.172 e. The largest absolute Gasteiger partial charge is 0.496 e. The van der Waals surface area contributed by atoms with Crippen LogP contribution < -0.4 is 14.2 Å². The second-order valence-electron chi connectivity index (χ2n) is 5.94. The Kier molecular flexibility index (Phi) is 4.38. The van der Waals surface area contributed by atoms with Crippen molar-refractivity contribution in [3.05, 3.63) is 60.8 Å². The van der Waals surface area contributed by atoms with Gasteiger partial charge in [-0.25, -0.2) is 0 Å². The normalized spacial score (nSPS) is 10.8. The first-order valence-corrected chi connectivity index (χ1v) is 8.45. The molecular formula is C21H19N3O3. The van der Waals surface area contributed by atoms with Gasteiger partial charge in [0, 0.05) is 6.20 Å². The van der Waals surface area contributed by atoms with E-state index in [1.54, 1.807) is 21.3 Å². The Morgan fingerprint density at radius 1 is 0.704 bits per heavy atom. The van der Waals surface area contributed by atoms with Crippen LogP contribution in [0.4, 0.5) is 0 Å². The molecule has 0 N–H and O–H groups in total. The summed E-state index contributed by atoms with van der Waals surface area (Å²) in [7, 11) is 4.90. The van der Waals surface area contributed by atoms with E-state index >= 15 is 0 Å². The molecule has 4 rings (SSSR count). The van der Waals surface area contributed by atoms with Crippen molar-refractivity contribution in [1.82, 2.24) is 14.6 Å². The number of para-hydroxylation sites is 1. The van der Waals surface area contributed by atoms with E-state index in [1.807, 2.05) is 65.2 Å². The van der Waals surface area contributed by atoms with Gasteiger partial charge in [-0.05, 0) is 47.5 Å². The summed E-state index contributed by atoms with van der Waals surface area (Å²) in [6, 6.07) is 17.6. The zero-order chi connectivity index (χ0) is 18.8. The van der Waals surface area contributed by atoms with Crippen LogP contribution >= 0.6 is 0 Å². The summed E-state index contributed by atoms with van der Waals surface area (Å²) in [5, 5.41) is 8.64. The number of nitrogens with zero attached hydrogens (tertiary/aromatic N) is 3. The molecule has 0 atom stereocenters. The third-order valence-electron chi connectivity index (χ3n) is 4.47. The summed E-state index contributed by atoms with van der Waals surface area (Å²) in [6.45, 7) is 0. The molecule has 0 saturated carbocycles. The van der Waals surface area contributed by atoms with Crippen LogP contribution in [0.25, 0.3) is 28.2 Å². The highest BCUT2D eigenvalue weighted by atomic mass is 16.5. The van der Waals surface area contributed by atoms with E-state index < -0.39 is 0 Å². The number of pyridine rings is 1. The maximum absolute atomic E-state index is 5.48. The Morgan fingerprint density at radius 2 is 1.44 bits per heavy atom. The van der Waals surface area contributed by atoms with Crippen LogP contribution in [0.15, 0.2) is 60.8 Å². The van der Waals surface area contributed by atoms with Gasteiger partial charge in [-0.2, -0.15) is 0 Å². The van der Waals surface area contributed by atoms with E-state index in [0.717, 1.165) is 33.9 Å². The van der Waals surface area contributed by atoms with Gasteiger partial charge in [-0.1, -0.05) is 18.2 Å². The maximum atomic E-state index is 5.48. The third-order valence-corrected chi connectivity index (χ3v) is 4.47. The molecule has 0 saturated heterocycles. The van der Waals surface area contributed by atoms with E-state index in [9.17, 15) is 0 Å². The molecule has 0 unspecified atom stereocenters. The number of hydrogen-bond acceptors (Lipinski definition) is 5. The fourth-order valence-corrected chi connectivity index (χ4v) is 3.09. The minimum Gasteiger partial charge on any atom is -0.496 e. The summed E-state index contributed by atoms with van der Waals surface area (Å²) in [5.74, 6) is 2.86. The lowest BCUT2D eigenvalue weighted by atomic mass is 10.1. The zero-order valence-corrected chi connectivity index (χ0v) is 15.3. The van der Waals surface area contributed by atoms with Gasteiger partial charge in [-0.3, -0.25) is 4.40 Å². The number of hydrogen-bond donors (Lipinski definition) is 0. The molecular weight excluding hydrogens is 342 g/mol. The molecule has 27 heavy (non-hydrogen) atoms. The van der Waals surface area contributed by atoms with Gasteiger partial charge in [0.1, 0.15) is 5.75 Å². The molecule has 0 amide bonds. The van der Waals surface area contributed by atoms with Crippen LogP contribution in [0, 0.1) is 0 Å². The molecule has 2 aromatic carbocycles. The summed E-state index contributed by atoms with van der Waals surface area (Å²) in [5.41, 5.74) is 3.67. The molecule has 0 aliphatic rings. The Balaban J connectivity index is 1.86. The lowest BCUT2D eigenvalue weighted by Gasteiger charge is -2.11. The second-order valence-corrected chi connectivity index (χ2v) is 5.94. The SMILES string of the molecule is COc1ccc(-c2ccc3nnc(-c4ccccc4OC)n3c2)cc1OC. The van der Waals surface area contributed by atoms with Crippen molar-refractivity contribution in [1.29, 1.82) is 0 Å². The van der Waals surface area contributed by atoms with Gasteiger partial charge in [0.05, 0.1) is 26.9 Å². The quantitative estimate of drug-likeness (QED) is 0.536. The molecule has 0 aliphatic heterocycles. The predicted molar refractivity (Wildman–Crippen MR) is 104 cm³/mol. The van der Waals surface area contributed by atoms with E-state index in [2.05, 4.69) is 10.2 Å². The van der Waals surface area contributed by atoms with Crippen molar-refractivity contribution in [3.63, 3.8) is 0 Å². The Hall–Kier alpha value is -3.54. The first-order chi connectivity index (χ1) is 13.2. The molecule has 0 bridgehead atoms. The van der Waals surface area contributed by atoms with E-state index in [-0.39, 0.29) is 0 Å². The van der Waals surface area contributed by atoms with Crippen LogP contribution in [0.5, 0.6) is 17.2 Å². The van der Waals surface area contributed by atoms with Crippen LogP contribution in [0.2, 0.25) is 0 Å². The minimum absolute atomic E-state index is 0.684. The highest BCUT2D eigenvalue weighted by Gasteiger charge is 2.14. The molecule has 0 radical (unpaired) electrons. The van der Waals surface area contributed by atoms with Crippen molar-refractivity contribution in [2.75, 3.05) is 21.3 Å². The molecule has 6 heteroatoms. The first-order valence-electron chi connectivity index (χ1n) is 8.45. The molecule has 2 aromatic heterocycles. The van der Waals surface area contributed by atoms with Crippen molar-refractivity contribution >= 4 is 5.65 Å². The highest BCUT2D eigenvalue weighted by Crippen LogP contribution is 2.33. The molecule has 0 spiro atoms. The van der Waals surface area contributed by atoms with Crippen molar-refractivity contribution in [2.24, 2.45) is 0 Å². The molecule has 6 nitrogen and oxygen atoms in total. The number of rotatable bonds is 5. The van der Waals surface area contributed by atoms with Crippen LogP contribution in [0.1, 0.15) is 0 Å². The number of fused-ring (bicyclic) bond motifs is 1. The minimum atomic E-state index is 0.684. The average Bonchev–Trinajstić information content (AvgIpc) is 3.16. The fourth-order valence-electron chi connectivity index (χ4n) is 3.09. The van der Waals surface area contributed by atoms with E-state index in [1.165, 1.54) is 0 Å². The lowest BCUT2D eigenvalue weighted by molar-refractivity contribution is 0.355. The van der Waals surface area contributed by atoms with Gasteiger partial charge in [-0.15, -0.1) is 10.2 Å². The first kappa shape index (κ1) is 16.9. The fraction of sp³-hybridized carbons (Fsp3) is 0.143. The second kappa shape index (κ2) is 6.99. The van der Waals surface area contributed by atoms with Gasteiger partial charge < -0.3 is 14.2 Å². The number of ether oxygens (including phenoxy) is 3. The monoisotopic (exact) mass is 361 g/mol. The lowest BCUT2D eigenvalue weighted by Crippen LogP contribution is -1.94. The molecule has 4 aromatic rings. The van der Waals surface area contributed by atoms with E-state index in [4.69, 9.17) is 14.2 Å². The Labute approximate surface area is 157 Å². The summed E-state index contributed by atoms with van der Waals surface area (Å²) in [6.07, 6.45) is 2.01. The molecule has 2 heterocycles. The Bertz CT molecular complexity index is 1100.